The molecule has 0 saturated heterocycles. The Morgan fingerprint density at radius 1 is 0.339 bits per heavy atom. The molecule has 0 atom stereocenters. The topological polar surface area (TPSA) is 12.9 Å². The van der Waals surface area contributed by atoms with Gasteiger partial charge in [-0.2, -0.15) is 0 Å². The summed E-state index contributed by atoms with van der Waals surface area (Å²) < 4.78 is 0. The minimum Gasteiger partial charge on any atom is -0.264 e. The van der Waals surface area contributed by atoms with Crippen molar-refractivity contribution in [1.82, 2.24) is 4.98 Å². The van der Waals surface area contributed by atoms with E-state index in [0.717, 1.165) is 25.7 Å². The van der Waals surface area contributed by atoms with Gasteiger partial charge >= 0.3 is 0 Å². The molecule has 0 amide bonds. The van der Waals surface area contributed by atoms with Gasteiger partial charge in [0, 0.05) is 28.6 Å². The van der Waals surface area contributed by atoms with Crippen LogP contribution in [0, 0.1) is 0 Å². The van der Waals surface area contributed by atoms with Crippen LogP contribution in [0.15, 0.2) is 176 Å². The van der Waals surface area contributed by atoms with Crippen LogP contribution in [0.5, 0.6) is 0 Å². The molecule has 1 heteroatoms. The first-order valence-corrected chi connectivity index (χ1v) is 20.1. The van der Waals surface area contributed by atoms with Crippen LogP contribution < -0.4 is 0 Å². The van der Waals surface area contributed by atoms with E-state index in [9.17, 15) is 0 Å². The number of nitrogens with zero attached hydrogens (tertiary/aromatic N) is 1. The number of aromatic nitrogens is 1. The fourth-order valence-electron chi connectivity index (χ4n) is 11.9. The summed E-state index contributed by atoms with van der Waals surface area (Å²) in [6.07, 6.45) is 8.24. The van der Waals surface area contributed by atoms with Gasteiger partial charge in [0.05, 0.1) is 0 Å². The lowest BCUT2D eigenvalue weighted by Gasteiger charge is -2.28. The van der Waals surface area contributed by atoms with Gasteiger partial charge < -0.3 is 0 Å². The molecule has 1 aromatic heterocycles. The Bertz CT molecular complexity index is 2840. The number of fused-ring (bicyclic) bond motifs is 14. The largest absolute Gasteiger partial charge is 0.264 e. The third-order valence-electron chi connectivity index (χ3n) is 14.1. The Kier molecular flexibility index (Phi) is 6.05. The SMILES string of the molecule is c1ccc2c(c1)CC1(C2)c2ccccc2-c2ccc(-c3c4ccccc4c(-c4ccc5c(c4)C4(Cc6ccccc6C4)c4ccccc4-5)c4cnccc34)cc21. The van der Waals surface area contributed by atoms with Gasteiger partial charge in [-0.05, 0) is 149 Å². The van der Waals surface area contributed by atoms with E-state index in [0.29, 0.717) is 0 Å². The van der Waals surface area contributed by atoms with E-state index in [1.54, 1.807) is 0 Å². The van der Waals surface area contributed by atoms with Crippen molar-refractivity contribution in [3.8, 4) is 44.5 Å². The van der Waals surface area contributed by atoms with Gasteiger partial charge in [-0.1, -0.05) is 146 Å². The van der Waals surface area contributed by atoms with Crippen LogP contribution >= 0.6 is 0 Å². The normalized spacial score (nSPS) is 15.9. The number of hydrogen-bond acceptors (Lipinski definition) is 1. The highest BCUT2D eigenvalue weighted by Gasteiger charge is 2.48. The first kappa shape index (κ1) is 30.7. The molecule has 0 aliphatic heterocycles. The average Bonchev–Trinajstić information content (AvgIpc) is 3.99. The Labute approximate surface area is 327 Å². The van der Waals surface area contributed by atoms with E-state index < -0.39 is 0 Å². The van der Waals surface area contributed by atoms with Gasteiger partial charge in [-0.3, -0.25) is 4.98 Å². The molecule has 4 aliphatic carbocycles. The zero-order valence-electron chi connectivity index (χ0n) is 31.0. The van der Waals surface area contributed by atoms with Crippen molar-refractivity contribution in [1.29, 1.82) is 0 Å². The first-order chi connectivity index (χ1) is 27.7. The van der Waals surface area contributed by atoms with Crippen LogP contribution in [0.3, 0.4) is 0 Å². The molecule has 13 rings (SSSR count). The molecule has 1 nitrogen and oxygen atoms in total. The zero-order chi connectivity index (χ0) is 36.6. The summed E-state index contributed by atoms with van der Waals surface area (Å²) in [6, 6.07) is 62.5. The maximum absolute atomic E-state index is 4.81. The second-order valence-corrected chi connectivity index (χ2v) is 16.7. The summed E-state index contributed by atoms with van der Waals surface area (Å²) in [7, 11) is 0. The quantitative estimate of drug-likeness (QED) is 0.163. The minimum absolute atomic E-state index is 0.0590. The number of rotatable bonds is 2. The van der Waals surface area contributed by atoms with Crippen molar-refractivity contribution in [2.75, 3.05) is 0 Å². The lowest BCUT2D eigenvalue weighted by molar-refractivity contribution is 0.563. The molecule has 56 heavy (non-hydrogen) atoms. The molecule has 0 bridgehead atoms. The van der Waals surface area contributed by atoms with Crippen molar-refractivity contribution < 1.29 is 0 Å². The summed E-state index contributed by atoms with van der Waals surface area (Å²) in [5, 5.41) is 5.01. The summed E-state index contributed by atoms with van der Waals surface area (Å²) in [5.74, 6) is 0. The molecule has 262 valence electrons. The standard InChI is InChI=1S/C55H37N/c1-2-12-37-30-54(29-36(37)11-1)48-19-9-7-15-40(48)42-23-21-34(27-50(42)54)52-44-17-5-6-18-45(44)53(47-33-56-26-25-46(47)52)35-22-24-43-41-16-8-10-20-49(41)55(51(43)28-35)31-38-13-3-4-14-39(38)32-55/h1-28,33H,29-32H2. The van der Waals surface area contributed by atoms with E-state index in [1.165, 1.54) is 111 Å². The lowest BCUT2D eigenvalue weighted by Crippen LogP contribution is -2.25. The van der Waals surface area contributed by atoms with Crippen LogP contribution in [0.25, 0.3) is 66.1 Å². The zero-order valence-corrected chi connectivity index (χ0v) is 31.0. The number of hydrogen-bond donors (Lipinski definition) is 0. The Hall–Kier alpha value is -6.57. The molecule has 9 aromatic rings. The molecular weight excluding hydrogens is 675 g/mol. The molecule has 0 radical (unpaired) electrons. The predicted octanol–water partition coefficient (Wildman–Crippen LogP) is 12.9. The van der Waals surface area contributed by atoms with E-state index in [-0.39, 0.29) is 10.8 Å². The van der Waals surface area contributed by atoms with Crippen molar-refractivity contribution >= 4 is 21.5 Å². The van der Waals surface area contributed by atoms with Crippen molar-refractivity contribution in [3.63, 3.8) is 0 Å². The molecule has 2 spiro atoms. The van der Waals surface area contributed by atoms with E-state index in [4.69, 9.17) is 4.98 Å². The minimum atomic E-state index is -0.0622. The van der Waals surface area contributed by atoms with Gasteiger partial charge in [0.15, 0.2) is 0 Å². The van der Waals surface area contributed by atoms with E-state index in [1.807, 2.05) is 6.20 Å². The monoisotopic (exact) mass is 711 g/mol. The highest BCUT2D eigenvalue weighted by molar-refractivity contribution is 6.21. The smallest absolute Gasteiger partial charge is 0.0353 e. The highest BCUT2D eigenvalue weighted by atomic mass is 14.6. The van der Waals surface area contributed by atoms with E-state index in [2.05, 4.69) is 170 Å². The van der Waals surface area contributed by atoms with Crippen LogP contribution in [0.2, 0.25) is 0 Å². The fraction of sp³-hybridized carbons (Fsp3) is 0.109. The Balaban J connectivity index is 1.03. The van der Waals surface area contributed by atoms with Gasteiger partial charge in [-0.15, -0.1) is 0 Å². The number of pyridine rings is 1. The summed E-state index contributed by atoms with van der Waals surface area (Å²) in [5.41, 5.74) is 22.3. The molecule has 0 fully saturated rings. The second-order valence-electron chi connectivity index (χ2n) is 16.7. The van der Waals surface area contributed by atoms with Crippen LogP contribution in [-0.2, 0) is 36.5 Å². The molecule has 0 unspecified atom stereocenters. The van der Waals surface area contributed by atoms with E-state index >= 15 is 0 Å². The Morgan fingerprint density at radius 3 is 1.23 bits per heavy atom. The Morgan fingerprint density at radius 2 is 0.732 bits per heavy atom. The maximum atomic E-state index is 4.81. The first-order valence-electron chi connectivity index (χ1n) is 20.1. The average molecular weight is 712 g/mol. The maximum Gasteiger partial charge on any atom is 0.0353 e. The van der Waals surface area contributed by atoms with Gasteiger partial charge in [0.25, 0.3) is 0 Å². The highest BCUT2D eigenvalue weighted by Crippen LogP contribution is 2.58. The molecule has 0 N–H and O–H groups in total. The third kappa shape index (κ3) is 3.92. The van der Waals surface area contributed by atoms with Crippen molar-refractivity contribution in [2.24, 2.45) is 0 Å². The number of benzene rings is 8. The van der Waals surface area contributed by atoms with Gasteiger partial charge in [0.1, 0.15) is 0 Å². The molecule has 0 saturated carbocycles. The molecule has 8 aromatic carbocycles. The lowest BCUT2D eigenvalue weighted by atomic mass is 9.74. The summed E-state index contributed by atoms with van der Waals surface area (Å²) in [6.45, 7) is 0. The third-order valence-corrected chi connectivity index (χ3v) is 14.1. The van der Waals surface area contributed by atoms with Crippen LogP contribution in [0.4, 0.5) is 0 Å². The predicted molar refractivity (Wildman–Crippen MR) is 230 cm³/mol. The van der Waals surface area contributed by atoms with Crippen molar-refractivity contribution in [3.05, 3.63) is 221 Å². The summed E-state index contributed by atoms with van der Waals surface area (Å²) >= 11 is 0. The second kappa shape index (κ2) is 11.0. The van der Waals surface area contributed by atoms with Crippen molar-refractivity contribution in [2.45, 2.75) is 36.5 Å². The van der Waals surface area contributed by atoms with Crippen LogP contribution in [-0.4, -0.2) is 4.98 Å². The molecule has 4 aliphatic rings. The van der Waals surface area contributed by atoms with Gasteiger partial charge in [-0.25, -0.2) is 0 Å². The van der Waals surface area contributed by atoms with Gasteiger partial charge in [0.2, 0.25) is 0 Å². The molecular formula is C55H37N. The molecule has 1 heterocycles. The van der Waals surface area contributed by atoms with Crippen LogP contribution in [0.1, 0.15) is 44.5 Å². The fourth-order valence-corrected chi connectivity index (χ4v) is 11.9. The summed E-state index contributed by atoms with van der Waals surface area (Å²) in [4.78, 5) is 4.81.